The molecule has 0 atom stereocenters. The molecule has 0 bridgehead atoms. The summed E-state index contributed by atoms with van der Waals surface area (Å²) in [7, 11) is 0. The summed E-state index contributed by atoms with van der Waals surface area (Å²) in [6.45, 7) is 4.98. The van der Waals surface area contributed by atoms with Crippen molar-refractivity contribution in [3.63, 3.8) is 0 Å². The van der Waals surface area contributed by atoms with Crippen LogP contribution in [0.15, 0.2) is 40.9 Å². The third kappa shape index (κ3) is 5.14. The highest BCUT2D eigenvalue weighted by atomic mass is 79.9. The van der Waals surface area contributed by atoms with Crippen molar-refractivity contribution in [1.29, 1.82) is 0 Å². The first-order chi connectivity index (χ1) is 14.8. The van der Waals surface area contributed by atoms with E-state index in [-0.39, 0.29) is 0 Å². The van der Waals surface area contributed by atoms with Crippen LogP contribution in [0.4, 0.5) is 13.2 Å². The molecule has 0 radical (unpaired) electrons. The smallest absolute Gasteiger partial charge is 0.454 e. The van der Waals surface area contributed by atoms with E-state index in [0.29, 0.717) is 35.5 Å². The van der Waals surface area contributed by atoms with Gasteiger partial charge in [0, 0.05) is 31.6 Å². The van der Waals surface area contributed by atoms with E-state index < -0.39 is 17.5 Å². The standard InChI is InChI=1S/C24H24BrF3O3/c1-3-5-11-30-21-18-10-8-16(25)14-20(18)22(31-12-6-4-2)17-9-7-15(13-19(17)21)23(29)24(26,27)28/h7-10,13-14H,3-6,11-12H2,1-2H3. The number of carbonyl (C=O) groups excluding carboxylic acids is 1. The van der Waals surface area contributed by atoms with Crippen molar-refractivity contribution in [2.75, 3.05) is 13.2 Å². The van der Waals surface area contributed by atoms with E-state index in [2.05, 4.69) is 22.9 Å². The minimum absolute atomic E-state index is 0.420. The molecule has 0 N–H and O–H groups in total. The van der Waals surface area contributed by atoms with Crippen LogP contribution in [0.5, 0.6) is 11.5 Å². The van der Waals surface area contributed by atoms with E-state index in [4.69, 9.17) is 9.47 Å². The molecule has 31 heavy (non-hydrogen) atoms. The van der Waals surface area contributed by atoms with Crippen molar-refractivity contribution >= 4 is 43.3 Å². The van der Waals surface area contributed by atoms with Crippen molar-refractivity contribution in [2.45, 2.75) is 45.7 Å². The Morgan fingerprint density at radius 1 is 0.839 bits per heavy atom. The Morgan fingerprint density at radius 3 is 1.87 bits per heavy atom. The average Bonchev–Trinajstić information content (AvgIpc) is 2.73. The normalized spacial score (nSPS) is 11.8. The summed E-state index contributed by atoms with van der Waals surface area (Å²) < 4.78 is 52.2. The Kier molecular flexibility index (Phi) is 7.46. The van der Waals surface area contributed by atoms with Gasteiger partial charge in [0.15, 0.2) is 0 Å². The van der Waals surface area contributed by atoms with Crippen LogP contribution in [0.3, 0.4) is 0 Å². The number of unbranched alkanes of at least 4 members (excludes halogenated alkanes) is 2. The van der Waals surface area contributed by atoms with Crippen LogP contribution in [0.1, 0.15) is 49.9 Å². The first kappa shape index (κ1) is 23.4. The molecule has 0 aromatic heterocycles. The van der Waals surface area contributed by atoms with Crippen LogP contribution >= 0.6 is 15.9 Å². The molecule has 0 unspecified atom stereocenters. The topological polar surface area (TPSA) is 35.5 Å². The zero-order valence-corrected chi connectivity index (χ0v) is 19.0. The Morgan fingerprint density at radius 2 is 1.35 bits per heavy atom. The predicted molar refractivity (Wildman–Crippen MR) is 120 cm³/mol. The number of rotatable bonds is 9. The molecule has 3 aromatic carbocycles. The van der Waals surface area contributed by atoms with E-state index in [9.17, 15) is 18.0 Å². The molecule has 0 heterocycles. The van der Waals surface area contributed by atoms with Gasteiger partial charge in [0.2, 0.25) is 0 Å². The highest BCUT2D eigenvalue weighted by Crippen LogP contribution is 2.44. The maximum absolute atomic E-state index is 13.1. The van der Waals surface area contributed by atoms with Crippen LogP contribution in [0.2, 0.25) is 0 Å². The molecular weight excluding hydrogens is 473 g/mol. The van der Waals surface area contributed by atoms with Crippen LogP contribution in [-0.2, 0) is 0 Å². The maximum atomic E-state index is 13.1. The van der Waals surface area contributed by atoms with Gasteiger partial charge in [-0.2, -0.15) is 13.2 Å². The van der Waals surface area contributed by atoms with Gasteiger partial charge in [-0.1, -0.05) is 48.7 Å². The minimum atomic E-state index is -4.95. The molecule has 3 nitrogen and oxygen atoms in total. The molecule has 0 spiro atoms. The van der Waals surface area contributed by atoms with Crippen molar-refractivity contribution in [3.05, 3.63) is 46.4 Å². The summed E-state index contributed by atoms with van der Waals surface area (Å²) in [5.74, 6) is -0.836. The fraction of sp³-hybridized carbons (Fsp3) is 0.375. The number of fused-ring (bicyclic) bond motifs is 2. The molecular formula is C24H24BrF3O3. The highest BCUT2D eigenvalue weighted by Gasteiger charge is 2.39. The summed E-state index contributed by atoms with van der Waals surface area (Å²) in [5.41, 5.74) is -0.420. The third-order valence-electron chi connectivity index (χ3n) is 4.99. The number of halogens is 4. The third-order valence-corrected chi connectivity index (χ3v) is 5.48. The Hall–Kier alpha value is -2.28. The van der Waals surface area contributed by atoms with E-state index in [1.54, 1.807) is 0 Å². The van der Waals surface area contributed by atoms with Gasteiger partial charge in [0.1, 0.15) is 11.5 Å². The second-order valence-electron chi connectivity index (χ2n) is 7.34. The molecule has 3 rings (SSSR count). The fourth-order valence-corrected chi connectivity index (χ4v) is 3.74. The summed E-state index contributed by atoms with van der Waals surface area (Å²) in [6, 6.07) is 9.59. The van der Waals surface area contributed by atoms with Gasteiger partial charge >= 0.3 is 6.18 Å². The summed E-state index contributed by atoms with van der Waals surface area (Å²) in [4.78, 5) is 11.9. The first-order valence-electron chi connectivity index (χ1n) is 10.3. The number of Topliss-reactive ketones (excluding diaryl/α,β-unsaturated/α-hetero) is 1. The number of hydrogen-bond donors (Lipinski definition) is 0. The van der Waals surface area contributed by atoms with E-state index >= 15 is 0 Å². The fourth-order valence-electron chi connectivity index (χ4n) is 3.38. The Labute approximate surface area is 187 Å². The zero-order valence-electron chi connectivity index (χ0n) is 17.4. The quantitative estimate of drug-likeness (QED) is 0.172. The van der Waals surface area contributed by atoms with E-state index in [1.807, 2.05) is 25.1 Å². The average molecular weight is 497 g/mol. The lowest BCUT2D eigenvalue weighted by Crippen LogP contribution is -2.22. The maximum Gasteiger partial charge on any atom is 0.454 e. The molecule has 166 valence electrons. The Balaban J connectivity index is 2.30. The Bertz CT molecular complexity index is 1090. The van der Waals surface area contributed by atoms with Crippen molar-refractivity contribution in [2.24, 2.45) is 0 Å². The molecule has 0 saturated carbocycles. The zero-order chi connectivity index (χ0) is 22.6. The molecule has 0 aliphatic heterocycles. The number of benzene rings is 3. The van der Waals surface area contributed by atoms with Gasteiger partial charge in [-0.05, 0) is 43.2 Å². The monoisotopic (exact) mass is 496 g/mol. The number of carbonyl (C=O) groups is 1. The molecule has 3 aromatic rings. The highest BCUT2D eigenvalue weighted by molar-refractivity contribution is 9.10. The van der Waals surface area contributed by atoms with Gasteiger partial charge in [0.05, 0.1) is 13.2 Å². The van der Waals surface area contributed by atoms with Crippen LogP contribution in [0, 0.1) is 0 Å². The molecule has 0 fully saturated rings. The molecule has 0 aliphatic rings. The van der Waals surface area contributed by atoms with Gasteiger partial charge in [-0.3, -0.25) is 4.79 Å². The van der Waals surface area contributed by atoms with Crippen molar-refractivity contribution in [1.82, 2.24) is 0 Å². The van der Waals surface area contributed by atoms with E-state index in [0.717, 1.165) is 40.9 Å². The molecule has 7 heteroatoms. The molecule has 0 amide bonds. The summed E-state index contributed by atoms with van der Waals surface area (Å²) in [6.07, 6.45) is -1.44. The number of ether oxygens (including phenoxy) is 2. The van der Waals surface area contributed by atoms with Gasteiger partial charge in [0.25, 0.3) is 5.78 Å². The van der Waals surface area contributed by atoms with Gasteiger partial charge in [-0.15, -0.1) is 0 Å². The van der Waals surface area contributed by atoms with E-state index in [1.165, 1.54) is 18.2 Å². The molecule has 0 aliphatic carbocycles. The van der Waals surface area contributed by atoms with Crippen LogP contribution < -0.4 is 9.47 Å². The van der Waals surface area contributed by atoms with Crippen LogP contribution in [-0.4, -0.2) is 25.2 Å². The largest absolute Gasteiger partial charge is 0.492 e. The van der Waals surface area contributed by atoms with Gasteiger partial charge in [-0.25, -0.2) is 0 Å². The summed E-state index contributed by atoms with van der Waals surface area (Å²) in [5, 5.41) is 2.59. The number of alkyl halides is 3. The lowest BCUT2D eigenvalue weighted by atomic mass is 9.97. The van der Waals surface area contributed by atoms with Crippen LogP contribution in [0.25, 0.3) is 21.5 Å². The SMILES string of the molecule is CCCCOc1c2ccc(C(=O)C(F)(F)F)cc2c(OCCCC)c2ccc(Br)cc12. The number of ketones is 1. The molecule has 0 saturated heterocycles. The summed E-state index contributed by atoms with van der Waals surface area (Å²) >= 11 is 3.49. The lowest BCUT2D eigenvalue weighted by molar-refractivity contribution is -0.0885. The number of hydrogen-bond acceptors (Lipinski definition) is 3. The second-order valence-corrected chi connectivity index (χ2v) is 8.26. The first-order valence-corrected chi connectivity index (χ1v) is 11.1. The lowest BCUT2D eigenvalue weighted by Gasteiger charge is -2.19. The second kappa shape index (κ2) is 9.90. The minimum Gasteiger partial charge on any atom is -0.492 e. The predicted octanol–water partition coefficient (Wildman–Crippen LogP) is 7.86. The van der Waals surface area contributed by atoms with Gasteiger partial charge < -0.3 is 9.47 Å². The van der Waals surface area contributed by atoms with Crippen molar-refractivity contribution in [3.8, 4) is 11.5 Å². The van der Waals surface area contributed by atoms with Crippen molar-refractivity contribution < 1.29 is 27.4 Å².